The fraction of sp³-hybridized carbons (Fsp3) is 0.444. The highest BCUT2D eigenvalue weighted by molar-refractivity contribution is 6.02. The maximum absolute atomic E-state index is 13.5. The van der Waals surface area contributed by atoms with E-state index in [1.807, 2.05) is 6.92 Å². The standard InChI is InChI=1S/C27H33FN4O5/c1-16-13-32(17(2)15-33)26(35)21-5-4-6-22(30-25(34)18-7-8-18)24(21)37-23(16)14-31(3)27(36)29-20-11-9-19(28)10-12-20/h4-6,9-12,16-18,23,33H,7-8,13-15H2,1-3H3,(H,29,36)(H,30,34)/t16-,17-,23+/m1/s1. The lowest BCUT2D eigenvalue weighted by molar-refractivity contribution is -0.117. The second-order valence-electron chi connectivity index (χ2n) is 9.89. The SMILES string of the molecule is C[C@@H]1CN([C@H](C)CO)C(=O)c2cccc(NC(=O)C3CC3)c2O[C@H]1CN(C)C(=O)Nc1ccc(F)cc1. The van der Waals surface area contributed by atoms with Gasteiger partial charge in [-0.15, -0.1) is 0 Å². The van der Waals surface area contributed by atoms with Gasteiger partial charge in [0.2, 0.25) is 5.91 Å². The summed E-state index contributed by atoms with van der Waals surface area (Å²) in [5.74, 6) is -0.830. The van der Waals surface area contributed by atoms with Crippen LogP contribution in [0.25, 0.3) is 0 Å². The van der Waals surface area contributed by atoms with Gasteiger partial charge in [-0.3, -0.25) is 9.59 Å². The van der Waals surface area contributed by atoms with E-state index in [4.69, 9.17) is 4.74 Å². The van der Waals surface area contributed by atoms with Crippen LogP contribution in [-0.4, -0.2) is 71.6 Å². The predicted octanol–water partition coefficient (Wildman–Crippen LogP) is 3.56. The zero-order valence-corrected chi connectivity index (χ0v) is 21.2. The first-order chi connectivity index (χ1) is 17.7. The highest BCUT2D eigenvalue weighted by Crippen LogP contribution is 2.37. The number of hydrogen-bond acceptors (Lipinski definition) is 5. The molecular formula is C27H33FN4O5. The van der Waals surface area contributed by atoms with Gasteiger partial charge in [0.15, 0.2) is 5.75 Å². The topological polar surface area (TPSA) is 111 Å². The van der Waals surface area contributed by atoms with E-state index in [0.717, 1.165) is 12.8 Å². The Balaban J connectivity index is 1.61. The van der Waals surface area contributed by atoms with Crippen LogP contribution in [0.3, 0.4) is 0 Å². The average molecular weight is 513 g/mol. The van der Waals surface area contributed by atoms with Crippen molar-refractivity contribution >= 4 is 29.2 Å². The first-order valence-corrected chi connectivity index (χ1v) is 12.5. The molecule has 0 unspecified atom stereocenters. The van der Waals surface area contributed by atoms with Crippen molar-refractivity contribution in [1.29, 1.82) is 0 Å². The van der Waals surface area contributed by atoms with Crippen molar-refractivity contribution in [3.63, 3.8) is 0 Å². The van der Waals surface area contributed by atoms with Crippen LogP contribution in [0.4, 0.5) is 20.6 Å². The van der Waals surface area contributed by atoms with Gasteiger partial charge < -0.3 is 30.3 Å². The molecule has 1 fully saturated rings. The molecule has 37 heavy (non-hydrogen) atoms. The molecule has 198 valence electrons. The van der Waals surface area contributed by atoms with E-state index in [0.29, 0.717) is 17.9 Å². The fourth-order valence-corrected chi connectivity index (χ4v) is 4.24. The van der Waals surface area contributed by atoms with Crippen LogP contribution >= 0.6 is 0 Å². The molecule has 0 saturated heterocycles. The number of likely N-dealkylation sites (N-methyl/N-ethyl adjacent to an activating group) is 1. The third kappa shape index (κ3) is 6.19. The van der Waals surface area contributed by atoms with E-state index in [-0.39, 0.29) is 48.1 Å². The molecule has 1 aliphatic carbocycles. The molecule has 1 saturated carbocycles. The number of ether oxygens (including phenoxy) is 1. The second-order valence-corrected chi connectivity index (χ2v) is 9.89. The summed E-state index contributed by atoms with van der Waals surface area (Å²) < 4.78 is 19.6. The molecule has 10 heteroatoms. The number of aliphatic hydroxyl groups is 1. The minimum atomic E-state index is -0.539. The van der Waals surface area contributed by atoms with E-state index < -0.39 is 24.0 Å². The number of halogens is 1. The molecule has 9 nitrogen and oxygen atoms in total. The molecular weight excluding hydrogens is 479 g/mol. The Morgan fingerprint density at radius 3 is 2.54 bits per heavy atom. The number of benzene rings is 2. The van der Waals surface area contributed by atoms with Crippen molar-refractivity contribution in [2.24, 2.45) is 11.8 Å². The van der Waals surface area contributed by atoms with E-state index >= 15 is 0 Å². The normalized spacial score (nSPS) is 20.1. The minimum absolute atomic E-state index is 0.0398. The summed E-state index contributed by atoms with van der Waals surface area (Å²) in [5.41, 5.74) is 1.13. The molecule has 1 heterocycles. The lowest BCUT2D eigenvalue weighted by Crippen LogP contribution is -2.50. The quantitative estimate of drug-likeness (QED) is 0.525. The van der Waals surface area contributed by atoms with Crippen LogP contribution in [0, 0.1) is 17.7 Å². The molecule has 4 amide bonds. The van der Waals surface area contributed by atoms with Crippen molar-refractivity contribution in [2.45, 2.75) is 38.8 Å². The Labute approximate surface area is 215 Å². The van der Waals surface area contributed by atoms with Crippen molar-refractivity contribution in [3.05, 3.63) is 53.8 Å². The van der Waals surface area contributed by atoms with Gasteiger partial charge in [0.25, 0.3) is 5.91 Å². The smallest absolute Gasteiger partial charge is 0.321 e. The fourth-order valence-electron chi connectivity index (χ4n) is 4.24. The number of anilines is 2. The number of urea groups is 1. The van der Waals surface area contributed by atoms with Gasteiger partial charge in [-0.25, -0.2) is 9.18 Å². The van der Waals surface area contributed by atoms with Gasteiger partial charge in [0.05, 0.1) is 30.4 Å². The van der Waals surface area contributed by atoms with E-state index in [1.165, 1.54) is 29.2 Å². The summed E-state index contributed by atoms with van der Waals surface area (Å²) in [5, 5.41) is 15.4. The number of carbonyl (C=O) groups excluding carboxylic acids is 3. The van der Waals surface area contributed by atoms with Crippen molar-refractivity contribution in [2.75, 3.05) is 37.4 Å². The largest absolute Gasteiger partial charge is 0.485 e. The third-order valence-corrected chi connectivity index (χ3v) is 6.79. The van der Waals surface area contributed by atoms with Crippen molar-refractivity contribution in [1.82, 2.24) is 9.80 Å². The Morgan fingerprint density at radius 1 is 1.19 bits per heavy atom. The van der Waals surface area contributed by atoms with Crippen molar-refractivity contribution in [3.8, 4) is 5.75 Å². The third-order valence-electron chi connectivity index (χ3n) is 6.79. The summed E-state index contributed by atoms with van der Waals surface area (Å²) in [6, 6.07) is 9.65. The molecule has 0 radical (unpaired) electrons. The number of fused-ring (bicyclic) bond motifs is 1. The number of carbonyl (C=O) groups is 3. The number of aliphatic hydroxyl groups excluding tert-OH is 1. The summed E-state index contributed by atoms with van der Waals surface area (Å²) in [6.07, 6.45) is 1.12. The Morgan fingerprint density at radius 2 is 1.89 bits per heavy atom. The van der Waals surface area contributed by atoms with Crippen LogP contribution in [0.1, 0.15) is 37.0 Å². The van der Waals surface area contributed by atoms with Gasteiger partial charge in [0.1, 0.15) is 11.9 Å². The monoisotopic (exact) mass is 512 g/mol. The first kappa shape index (κ1) is 26.4. The number of nitrogens with one attached hydrogen (secondary N) is 2. The number of amides is 4. The lowest BCUT2D eigenvalue weighted by Gasteiger charge is -2.38. The molecule has 2 aromatic carbocycles. The molecule has 1 aliphatic heterocycles. The van der Waals surface area contributed by atoms with Gasteiger partial charge in [-0.05, 0) is 56.2 Å². The average Bonchev–Trinajstić information content (AvgIpc) is 3.73. The zero-order valence-electron chi connectivity index (χ0n) is 21.2. The molecule has 3 atom stereocenters. The molecule has 4 rings (SSSR count). The van der Waals surface area contributed by atoms with Crippen LogP contribution in [-0.2, 0) is 4.79 Å². The second kappa shape index (κ2) is 11.2. The molecule has 0 spiro atoms. The highest BCUT2D eigenvalue weighted by Gasteiger charge is 2.36. The van der Waals surface area contributed by atoms with Gasteiger partial charge in [0, 0.05) is 31.1 Å². The number of nitrogens with zero attached hydrogens (tertiary/aromatic N) is 2. The maximum Gasteiger partial charge on any atom is 0.321 e. The number of rotatable bonds is 7. The van der Waals surface area contributed by atoms with Crippen LogP contribution in [0.2, 0.25) is 0 Å². The zero-order chi connectivity index (χ0) is 26.7. The van der Waals surface area contributed by atoms with E-state index in [1.54, 1.807) is 37.1 Å². The summed E-state index contributed by atoms with van der Waals surface area (Å²) >= 11 is 0. The maximum atomic E-state index is 13.5. The highest BCUT2D eigenvalue weighted by atomic mass is 19.1. The lowest BCUT2D eigenvalue weighted by atomic mass is 9.99. The molecule has 0 bridgehead atoms. The van der Waals surface area contributed by atoms with Crippen LogP contribution < -0.4 is 15.4 Å². The molecule has 2 aliphatic rings. The van der Waals surface area contributed by atoms with Crippen LogP contribution in [0.15, 0.2) is 42.5 Å². The minimum Gasteiger partial charge on any atom is -0.485 e. The molecule has 2 aromatic rings. The molecule has 3 N–H and O–H groups in total. The summed E-state index contributed by atoms with van der Waals surface area (Å²) in [6.45, 7) is 3.95. The number of hydrogen-bond donors (Lipinski definition) is 3. The van der Waals surface area contributed by atoms with E-state index in [2.05, 4.69) is 10.6 Å². The van der Waals surface area contributed by atoms with Gasteiger partial charge in [-0.2, -0.15) is 0 Å². The Hall–Kier alpha value is -3.66. The van der Waals surface area contributed by atoms with Gasteiger partial charge in [-0.1, -0.05) is 13.0 Å². The first-order valence-electron chi connectivity index (χ1n) is 12.5. The predicted molar refractivity (Wildman–Crippen MR) is 137 cm³/mol. The Kier molecular flexibility index (Phi) is 7.97. The summed E-state index contributed by atoms with van der Waals surface area (Å²) in [7, 11) is 1.62. The summed E-state index contributed by atoms with van der Waals surface area (Å²) in [4.78, 5) is 42.0. The molecule has 0 aromatic heterocycles. The Bertz CT molecular complexity index is 1150. The van der Waals surface area contributed by atoms with Gasteiger partial charge >= 0.3 is 6.03 Å². The van der Waals surface area contributed by atoms with E-state index in [9.17, 15) is 23.9 Å². The van der Waals surface area contributed by atoms with Crippen molar-refractivity contribution < 1.29 is 28.6 Å². The number of para-hydroxylation sites is 1. The van der Waals surface area contributed by atoms with Crippen LogP contribution in [0.5, 0.6) is 5.75 Å².